The minimum atomic E-state index is 0.138. The average Bonchev–Trinajstić information content (AvgIpc) is 3.00. The third-order valence-corrected chi connectivity index (χ3v) is 2.72. The lowest BCUT2D eigenvalue weighted by molar-refractivity contribution is -0.120. The Morgan fingerprint density at radius 1 is 1.14 bits per heavy atom. The molecule has 1 saturated carbocycles. The highest BCUT2D eigenvalue weighted by molar-refractivity contribution is 5.78. The van der Waals surface area contributed by atoms with Crippen LogP contribution in [0.2, 0.25) is 0 Å². The van der Waals surface area contributed by atoms with E-state index in [1.54, 1.807) is 0 Å². The van der Waals surface area contributed by atoms with Crippen LogP contribution in [0.1, 0.15) is 25.7 Å². The molecule has 0 atom stereocenters. The number of nitrogens with one attached hydrogen (secondary N) is 2. The van der Waals surface area contributed by atoms with Crippen LogP contribution in [0.15, 0.2) is 0 Å². The van der Waals surface area contributed by atoms with Crippen LogP contribution < -0.4 is 10.6 Å². The second kappa shape index (κ2) is 4.75. The van der Waals surface area contributed by atoms with Crippen molar-refractivity contribution >= 4 is 5.91 Å². The molecule has 0 aromatic heterocycles. The fourth-order valence-electron chi connectivity index (χ4n) is 1.65. The van der Waals surface area contributed by atoms with Crippen molar-refractivity contribution in [1.29, 1.82) is 0 Å². The standard InChI is InChI=1S/C10H18N2O2/c13-10(12-9-1-2-9)7-11-8-3-5-14-6-4-8/h8-9,11H,1-7H2,(H,12,13). The van der Waals surface area contributed by atoms with Gasteiger partial charge in [0.15, 0.2) is 0 Å². The van der Waals surface area contributed by atoms with Gasteiger partial charge in [-0.1, -0.05) is 0 Å². The van der Waals surface area contributed by atoms with Crippen molar-refractivity contribution in [2.24, 2.45) is 0 Å². The molecule has 0 aromatic carbocycles. The number of ether oxygens (including phenoxy) is 1. The van der Waals surface area contributed by atoms with Crippen LogP contribution in [0.4, 0.5) is 0 Å². The second-order valence-corrected chi connectivity index (χ2v) is 4.11. The van der Waals surface area contributed by atoms with Crippen molar-refractivity contribution in [3.8, 4) is 0 Å². The summed E-state index contributed by atoms with van der Waals surface area (Å²) in [7, 11) is 0. The number of amides is 1. The maximum absolute atomic E-state index is 11.3. The molecule has 1 heterocycles. The quantitative estimate of drug-likeness (QED) is 0.670. The zero-order valence-corrected chi connectivity index (χ0v) is 8.42. The van der Waals surface area contributed by atoms with E-state index in [1.165, 1.54) is 0 Å². The number of carbonyl (C=O) groups is 1. The van der Waals surface area contributed by atoms with E-state index >= 15 is 0 Å². The van der Waals surface area contributed by atoms with Gasteiger partial charge in [0, 0.05) is 25.3 Å². The molecular weight excluding hydrogens is 180 g/mol. The zero-order valence-electron chi connectivity index (χ0n) is 8.42. The van der Waals surface area contributed by atoms with E-state index < -0.39 is 0 Å². The molecule has 2 N–H and O–H groups in total. The van der Waals surface area contributed by atoms with Crippen molar-refractivity contribution in [1.82, 2.24) is 10.6 Å². The lowest BCUT2D eigenvalue weighted by Gasteiger charge is -2.22. The Hall–Kier alpha value is -0.610. The van der Waals surface area contributed by atoms with E-state index in [4.69, 9.17) is 4.74 Å². The van der Waals surface area contributed by atoms with Crippen LogP contribution in [0.5, 0.6) is 0 Å². The lowest BCUT2D eigenvalue weighted by atomic mass is 10.1. The normalized spacial score (nSPS) is 23.4. The molecule has 0 unspecified atom stereocenters. The SMILES string of the molecule is O=C(CNC1CCOCC1)NC1CC1. The second-order valence-electron chi connectivity index (χ2n) is 4.11. The Bertz CT molecular complexity index is 198. The average molecular weight is 198 g/mol. The molecule has 1 aliphatic carbocycles. The summed E-state index contributed by atoms with van der Waals surface area (Å²) in [5.74, 6) is 0.138. The van der Waals surface area contributed by atoms with E-state index in [9.17, 15) is 4.79 Å². The van der Waals surface area contributed by atoms with E-state index in [0.717, 1.165) is 38.9 Å². The predicted molar refractivity (Wildman–Crippen MR) is 53.0 cm³/mol. The molecule has 2 aliphatic rings. The van der Waals surface area contributed by atoms with Crippen LogP contribution in [0.3, 0.4) is 0 Å². The lowest BCUT2D eigenvalue weighted by Crippen LogP contribution is -2.42. The number of rotatable bonds is 4. The third-order valence-electron chi connectivity index (χ3n) is 2.72. The monoisotopic (exact) mass is 198 g/mol. The molecule has 1 aliphatic heterocycles. The molecule has 80 valence electrons. The van der Waals surface area contributed by atoms with E-state index in [-0.39, 0.29) is 5.91 Å². The Balaban J connectivity index is 1.57. The van der Waals surface area contributed by atoms with E-state index in [0.29, 0.717) is 18.6 Å². The summed E-state index contributed by atoms with van der Waals surface area (Å²) in [6.45, 7) is 2.10. The summed E-state index contributed by atoms with van der Waals surface area (Å²) in [4.78, 5) is 11.3. The fraction of sp³-hybridized carbons (Fsp3) is 0.900. The first-order valence-corrected chi connectivity index (χ1v) is 5.45. The topological polar surface area (TPSA) is 50.4 Å². The smallest absolute Gasteiger partial charge is 0.234 e. The van der Waals surface area contributed by atoms with Crippen LogP contribution in [-0.4, -0.2) is 37.7 Å². The molecule has 1 amide bonds. The molecule has 0 spiro atoms. The highest BCUT2D eigenvalue weighted by Crippen LogP contribution is 2.18. The molecule has 1 saturated heterocycles. The number of carbonyl (C=O) groups excluding carboxylic acids is 1. The third kappa shape index (κ3) is 3.27. The Morgan fingerprint density at radius 2 is 1.86 bits per heavy atom. The van der Waals surface area contributed by atoms with Gasteiger partial charge in [-0.15, -0.1) is 0 Å². The maximum atomic E-state index is 11.3. The first-order valence-electron chi connectivity index (χ1n) is 5.45. The van der Waals surface area contributed by atoms with Gasteiger partial charge in [-0.05, 0) is 25.7 Å². The van der Waals surface area contributed by atoms with Crippen molar-refractivity contribution < 1.29 is 9.53 Å². The van der Waals surface area contributed by atoms with Crippen molar-refractivity contribution in [3.05, 3.63) is 0 Å². The molecule has 0 bridgehead atoms. The Labute approximate surface area is 84.4 Å². The highest BCUT2D eigenvalue weighted by Gasteiger charge is 2.23. The van der Waals surface area contributed by atoms with Gasteiger partial charge in [0.25, 0.3) is 0 Å². The van der Waals surface area contributed by atoms with Crippen LogP contribution >= 0.6 is 0 Å². The summed E-state index contributed by atoms with van der Waals surface area (Å²) in [5.41, 5.74) is 0. The molecule has 2 fully saturated rings. The van der Waals surface area contributed by atoms with Crippen LogP contribution in [0.25, 0.3) is 0 Å². The predicted octanol–water partition coefficient (Wildman–Crippen LogP) is 0.0336. The Morgan fingerprint density at radius 3 is 2.50 bits per heavy atom. The van der Waals surface area contributed by atoms with Gasteiger partial charge in [-0.2, -0.15) is 0 Å². The molecule has 0 radical (unpaired) electrons. The van der Waals surface area contributed by atoms with Gasteiger partial charge in [0.1, 0.15) is 0 Å². The molecule has 2 rings (SSSR count). The van der Waals surface area contributed by atoms with Gasteiger partial charge in [-0.3, -0.25) is 4.79 Å². The van der Waals surface area contributed by atoms with Crippen molar-refractivity contribution in [2.75, 3.05) is 19.8 Å². The summed E-state index contributed by atoms with van der Waals surface area (Å²) >= 11 is 0. The molecular formula is C10H18N2O2. The van der Waals surface area contributed by atoms with Gasteiger partial charge >= 0.3 is 0 Å². The van der Waals surface area contributed by atoms with Crippen LogP contribution in [-0.2, 0) is 9.53 Å². The van der Waals surface area contributed by atoms with Gasteiger partial charge in [0.05, 0.1) is 6.54 Å². The summed E-state index contributed by atoms with van der Waals surface area (Å²) in [5, 5.41) is 6.22. The summed E-state index contributed by atoms with van der Waals surface area (Å²) in [6.07, 6.45) is 4.36. The van der Waals surface area contributed by atoms with Crippen molar-refractivity contribution in [2.45, 2.75) is 37.8 Å². The summed E-state index contributed by atoms with van der Waals surface area (Å²) < 4.78 is 5.24. The highest BCUT2D eigenvalue weighted by atomic mass is 16.5. The maximum Gasteiger partial charge on any atom is 0.234 e. The molecule has 14 heavy (non-hydrogen) atoms. The first-order chi connectivity index (χ1) is 6.84. The van der Waals surface area contributed by atoms with Crippen LogP contribution in [0, 0.1) is 0 Å². The Kier molecular flexibility index (Phi) is 3.37. The van der Waals surface area contributed by atoms with E-state index in [2.05, 4.69) is 10.6 Å². The minimum absolute atomic E-state index is 0.138. The van der Waals surface area contributed by atoms with Gasteiger partial charge in [0.2, 0.25) is 5.91 Å². The number of hydrogen-bond donors (Lipinski definition) is 2. The van der Waals surface area contributed by atoms with E-state index in [1.807, 2.05) is 0 Å². The first kappa shape index (κ1) is 9.93. The molecule has 4 heteroatoms. The molecule has 0 aromatic rings. The summed E-state index contributed by atoms with van der Waals surface area (Å²) in [6, 6.07) is 0.938. The molecule has 4 nitrogen and oxygen atoms in total. The largest absolute Gasteiger partial charge is 0.381 e. The van der Waals surface area contributed by atoms with Gasteiger partial charge < -0.3 is 15.4 Å². The fourth-order valence-corrected chi connectivity index (χ4v) is 1.65. The minimum Gasteiger partial charge on any atom is -0.381 e. The number of hydrogen-bond acceptors (Lipinski definition) is 3. The zero-order chi connectivity index (χ0) is 9.80. The van der Waals surface area contributed by atoms with Crippen molar-refractivity contribution in [3.63, 3.8) is 0 Å². The van der Waals surface area contributed by atoms with Gasteiger partial charge in [-0.25, -0.2) is 0 Å².